The van der Waals surface area contributed by atoms with E-state index in [2.05, 4.69) is 5.32 Å². The molecule has 0 amide bonds. The van der Waals surface area contributed by atoms with Crippen LogP contribution in [0.5, 0.6) is 11.5 Å². The summed E-state index contributed by atoms with van der Waals surface area (Å²) in [5.41, 5.74) is 0.831. The maximum atomic E-state index is 9.29. The highest BCUT2D eigenvalue weighted by molar-refractivity contribution is 5.41. The molecule has 0 aromatic heterocycles. The second kappa shape index (κ2) is 8.37. The third kappa shape index (κ3) is 5.19. The molecule has 0 aliphatic heterocycles. The van der Waals surface area contributed by atoms with Crippen LogP contribution in [0.15, 0.2) is 18.2 Å². The Labute approximate surface area is 99.5 Å². The molecule has 0 bridgehead atoms. The van der Waals surface area contributed by atoms with E-state index in [0.717, 1.165) is 5.56 Å². The van der Waals surface area contributed by atoms with Crippen molar-refractivity contribution in [2.45, 2.75) is 6.10 Å². The van der Waals surface area contributed by atoms with Gasteiger partial charge in [-0.15, -0.1) is 0 Å². The van der Waals surface area contributed by atoms with Gasteiger partial charge in [-0.1, -0.05) is 6.07 Å². The van der Waals surface area contributed by atoms with Crippen LogP contribution in [0.2, 0.25) is 0 Å². The van der Waals surface area contributed by atoms with Crippen molar-refractivity contribution >= 4 is 6.47 Å². The van der Waals surface area contributed by atoms with Gasteiger partial charge in [-0.05, 0) is 24.7 Å². The molecule has 6 nitrogen and oxygen atoms in total. The molecule has 0 aliphatic rings. The van der Waals surface area contributed by atoms with Crippen molar-refractivity contribution in [2.24, 2.45) is 0 Å². The minimum atomic E-state index is -0.250. The van der Waals surface area contributed by atoms with Crippen LogP contribution in [0.1, 0.15) is 11.7 Å². The Morgan fingerprint density at radius 3 is 2.41 bits per heavy atom. The zero-order chi connectivity index (χ0) is 13.3. The molecule has 1 aromatic rings. The first kappa shape index (κ1) is 15.2. The largest absolute Gasteiger partial charge is 0.504 e. The van der Waals surface area contributed by atoms with Crippen molar-refractivity contribution < 1.29 is 24.9 Å². The molecule has 0 spiro atoms. The third-order valence-electron chi connectivity index (χ3n) is 2.05. The molecule has 1 aromatic carbocycles. The lowest BCUT2D eigenvalue weighted by atomic mass is 10.1. The lowest BCUT2D eigenvalue weighted by Gasteiger charge is -2.15. The van der Waals surface area contributed by atoms with E-state index in [4.69, 9.17) is 19.7 Å². The van der Waals surface area contributed by atoms with Crippen molar-refractivity contribution in [3.63, 3.8) is 0 Å². The number of hydrogen-bond acceptors (Lipinski definition) is 5. The molecule has 0 aliphatic carbocycles. The van der Waals surface area contributed by atoms with Crippen molar-refractivity contribution in [3.8, 4) is 11.5 Å². The van der Waals surface area contributed by atoms with Crippen molar-refractivity contribution in [3.05, 3.63) is 23.8 Å². The van der Waals surface area contributed by atoms with Crippen LogP contribution in [-0.4, -0.2) is 42.5 Å². The summed E-state index contributed by atoms with van der Waals surface area (Å²) in [5, 5.41) is 28.3. The van der Waals surface area contributed by atoms with Gasteiger partial charge < -0.3 is 25.4 Å². The van der Waals surface area contributed by atoms with Crippen molar-refractivity contribution in [1.29, 1.82) is 0 Å². The van der Waals surface area contributed by atoms with Gasteiger partial charge in [-0.2, -0.15) is 0 Å². The van der Waals surface area contributed by atoms with Gasteiger partial charge >= 0.3 is 0 Å². The number of methoxy groups -OCH3 is 1. The van der Waals surface area contributed by atoms with Crippen molar-refractivity contribution in [1.82, 2.24) is 5.32 Å². The number of nitrogens with one attached hydrogen (secondary N) is 1. The van der Waals surface area contributed by atoms with E-state index in [-0.39, 0.29) is 24.1 Å². The monoisotopic (exact) mass is 243 g/mol. The maximum absolute atomic E-state index is 9.29. The predicted molar refractivity (Wildman–Crippen MR) is 62.1 cm³/mol. The zero-order valence-electron chi connectivity index (χ0n) is 9.75. The van der Waals surface area contributed by atoms with E-state index in [1.807, 2.05) is 7.05 Å². The topological polar surface area (TPSA) is 99.0 Å². The number of aromatic hydroxyl groups is 2. The molecular weight excluding hydrogens is 226 g/mol. The zero-order valence-corrected chi connectivity index (χ0v) is 9.75. The molecule has 6 heteroatoms. The van der Waals surface area contributed by atoms with E-state index in [1.54, 1.807) is 13.2 Å². The van der Waals surface area contributed by atoms with E-state index in [0.29, 0.717) is 6.54 Å². The molecular formula is C11H17NO5. The summed E-state index contributed by atoms with van der Waals surface area (Å²) in [7, 11) is 3.43. The molecule has 0 fully saturated rings. The SMILES string of the molecule is CNCC(OC)c1ccc(O)c(O)c1.O=CO. The van der Waals surface area contributed by atoms with Gasteiger partial charge in [0.15, 0.2) is 11.5 Å². The molecule has 96 valence electrons. The Morgan fingerprint density at radius 2 is 2.00 bits per heavy atom. The smallest absolute Gasteiger partial charge is 0.290 e. The molecule has 0 heterocycles. The summed E-state index contributed by atoms with van der Waals surface area (Å²) in [6.07, 6.45) is -0.119. The van der Waals surface area contributed by atoms with Gasteiger partial charge in [-0.3, -0.25) is 4.79 Å². The fourth-order valence-corrected chi connectivity index (χ4v) is 1.26. The molecule has 1 atom stereocenters. The highest BCUT2D eigenvalue weighted by Crippen LogP contribution is 2.28. The number of phenolic OH excluding ortho intramolecular Hbond substituents is 2. The van der Waals surface area contributed by atoms with Gasteiger partial charge in [0.25, 0.3) is 6.47 Å². The van der Waals surface area contributed by atoms with E-state index in [1.165, 1.54) is 12.1 Å². The molecule has 0 saturated carbocycles. The highest BCUT2D eigenvalue weighted by Gasteiger charge is 2.11. The number of hydrogen-bond donors (Lipinski definition) is 4. The number of benzene rings is 1. The average molecular weight is 243 g/mol. The van der Waals surface area contributed by atoms with E-state index >= 15 is 0 Å². The predicted octanol–water partition coefficient (Wildman–Crippen LogP) is 0.705. The Hall–Kier alpha value is -1.79. The first-order valence-electron chi connectivity index (χ1n) is 4.87. The van der Waals surface area contributed by atoms with Gasteiger partial charge in [0.05, 0.1) is 6.10 Å². The number of phenols is 2. The standard InChI is InChI=1S/C10H15NO3.CH2O2/c1-11-6-10(14-2)7-3-4-8(12)9(13)5-7;2-1-3/h3-5,10-13H,6H2,1-2H3;1H,(H,2,3). The first-order valence-corrected chi connectivity index (χ1v) is 4.87. The molecule has 0 saturated heterocycles. The number of rotatable bonds is 4. The quantitative estimate of drug-likeness (QED) is 0.459. The molecule has 1 unspecified atom stereocenters. The normalized spacial score (nSPS) is 11.2. The summed E-state index contributed by atoms with van der Waals surface area (Å²) in [4.78, 5) is 8.36. The third-order valence-corrected chi connectivity index (χ3v) is 2.05. The van der Waals surface area contributed by atoms with Crippen molar-refractivity contribution in [2.75, 3.05) is 20.7 Å². The Kier molecular flexibility index (Phi) is 7.49. The summed E-state index contributed by atoms with van der Waals surface area (Å²) in [6.45, 7) is 0.403. The Morgan fingerprint density at radius 1 is 1.41 bits per heavy atom. The molecule has 1 rings (SSSR count). The Balaban J connectivity index is 0.000000770. The molecule has 0 radical (unpaired) electrons. The average Bonchev–Trinajstić information content (AvgIpc) is 2.31. The van der Waals surface area contributed by atoms with Crippen LogP contribution < -0.4 is 5.32 Å². The lowest BCUT2D eigenvalue weighted by Crippen LogP contribution is -2.18. The minimum Gasteiger partial charge on any atom is -0.504 e. The second-order valence-electron chi connectivity index (χ2n) is 3.14. The maximum Gasteiger partial charge on any atom is 0.290 e. The summed E-state index contributed by atoms with van der Waals surface area (Å²) >= 11 is 0. The lowest BCUT2D eigenvalue weighted by molar-refractivity contribution is -0.122. The fourth-order valence-electron chi connectivity index (χ4n) is 1.26. The van der Waals surface area contributed by atoms with Crippen LogP contribution in [0.3, 0.4) is 0 Å². The molecule has 4 N–H and O–H groups in total. The van der Waals surface area contributed by atoms with Gasteiger partial charge in [0.2, 0.25) is 0 Å². The number of ether oxygens (including phenoxy) is 1. The van der Waals surface area contributed by atoms with Gasteiger partial charge in [0.1, 0.15) is 0 Å². The summed E-state index contributed by atoms with van der Waals surface area (Å²) in [6, 6.07) is 4.67. The summed E-state index contributed by atoms with van der Waals surface area (Å²) < 4.78 is 5.22. The highest BCUT2D eigenvalue weighted by atomic mass is 16.5. The number of carbonyl (C=O) groups is 1. The van der Waals surface area contributed by atoms with Crippen LogP contribution in [0, 0.1) is 0 Å². The number of likely N-dealkylation sites (N-methyl/N-ethyl adjacent to an activating group) is 1. The van der Waals surface area contributed by atoms with Gasteiger partial charge in [0, 0.05) is 13.7 Å². The molecule has 17 heavy (non-hydrogen) atoms. The fraction of sp³-hybridized carbons (Fsp3) is 0.364. The van der Waals surface area contributed by atoms with Crippen LogP contribution in [-0.2, 0) is 9.53 Å². The van der Waals surface area contributed by atoms with Crippen LogP contribution >= 0.6 is 0 Å². The van der Waals surface area contributed by atoms with E-state index < -0.39 is 0 Å². The van der Waals surface area contributed by atoms with Crippen LogP contribution in [0.4, 0.5) is 0 Å². The second-order valence-corrected chi connectivity index (χ2v) is 3.14. The summed E-state index contributed by atoms with van der Waals surface area (Å²) in [5.74, 6) is -0.242. The van der Waals surface area contributed by atoms with Crippen LogP contribution in [0.25, 0.3) is 0 Å². The van der Waals surface area contributed by atoms with Gasteiger partial charge in [-0.25, -0.2) is 0 Å². The van der Waals surface area contributed by atoms with E-state index in [9.17, 15) is 5.11 Å². The first-order chi connectivity index (χ1) is 8.10. The number of carboxylic acid groups (broad SMARTS) is 1. The Bertz CT molecular complexity index is 343. The minimum absolute atomic E-state index is 0.118.